The van der Waals surface area contributed by atoms with E-state index in [-0.39, 0.29) is 10.6 Å². The molecule has 0 spiro atoms. The summed E-state index contributed by atoms with van der Waals surface area (Å²) in [7, 11) is -4.16. The van der Waals surface area contributed by atoms with Gasteiger partial charge in [-0.25, -0.2) is 13.1 Å². The van der Waals surface area contributed by atoms with Crippen molar-refractivity contribution in [1.82, 2.24) is 4.72 Å². The zero-order chi connectivity index (χ0) is 26.3. The van der Waals surface area contributed by atoms with Crippen molar-refractivity contribution in [2.75, 3.05) is 10.6 Å². The number of carbonyl (C=O) groups is 2. The van der Waals surface area contributed by atoms with Crippen LogP contribution in [-0.4, -0.2) is 20.2 Å². The van der Waals surface area contributed by atoms with Gasteiger partial charge in [0.1, 0.15) is 4.90 Å². The van der Waals surface area contributed by atoms with Gasteiger partial charge in [0.25, 0.3) is 15.9 Å². The number of amides is 2. The highest BCUT2D eigenvalue weighted by Crippen LogP contribution is 2.27. The lowest BCUT2D eigenvalue weighted by Gasteiger charge is -2.15. The van der Waals surface area contributed by atoms with Crippen molar-refractivity contribution in [3.63, 3.8) is 0 Å². The number of nitrogens with one attached hydrogen (secondary N) is 3. The highest BCUT2D eigenvalue weighted by atomic mass is 32.2. The lowest BCUT2D eigenvalue weighted by Crippen LogP contribution is -2.29. The van der Waals surface area contributed by atoms with Crippen LogP contribution in [0.15, 0.2) is 108 Å². The summed E-state index contributed by atoms with van der Waals surface area (Å²) in [6.07, 6.45) is 3.92. The van der Waals surface area contributed by atoms with Crippen LogP contribution in [0, 0.1) is 0 Å². The zero-order valence-corrected chi connectivity index (χ0v) is 20.8. The van der Waals surface area contributed by atoms with Gasteiger partial charge in [-0.2, -0.15) is 0 Å². The Balaban J connectivity index is 1.68. The molecule has 0 saturated carbocycles. The normalized spacial score (nSPS) is 11.2. The summed E-state index contributed by atoms with van der Waals surface area (Å²) in [6, 6.07) is 30.5. The number of benzene rings is 4. The van der Waals surface area contributed by atoms with Crippen LogP contribution in [0.3, 0.4) is 0 Å². The molecule has 37 heavy (non-hydrogen) atoms. The lowest BCUT2D eigenvalue weighted by atomic mass is 10.1. The second kappa shape index (κ2) is 11.4. The Morgan fingerprint density at radius 2 is 1.32 bits per heavy atom. The second-order valence-electron chi connectivity index (χ2n) is 8.15. The molecule has 0 aromatic heterocycles. The molecule has 3 N–H and O–H groups in total. The second-order valence-corrected chi connectivity index (χ2v) is 9.80. The monoisotopic (exact) mass is 511 g/mol. The Hall–Kier alpha value is -4.69. The van der Waals surface area contributed by atoms with Gasteiger partial charge in [0.05, 0.1) is 16.9 Å². The molecule has 0 unspecified atom stereocenters. The number of carbonyl (C=O) groups excluding carboxylic acids is 2. The van der Waals surface area contributed by atoms with Crippen LogP contribution >= 0.6 is 0 Å². The van der Waals surface area contributed by atoms with Crippen molar-refractivity contribution in [2.45, 2.75) is 11.8 Å². The number of hydrogen-bond acceptors (Lipinski definition) is 5. The van der Waals surface area contributed by atoms with Gasteiger partial charge >= 0.3 is 0 Å². The molecule has 0 fully saturated rings. The van der Waals surface area contributed by atoms with E-state index >= 15 is 0 Å². The quantitative estimate of drug-likeness (QED) is 0.264. The molecular formula is C29H25N3O4S. The molecule has 0 aliphatic rings. The van der Waals surface area contributed by atoms with Gasteiger partial charge < -0.3 is 10.6 Å². The first-order chi connectivity index (χ1) is 17.8. The summed E-state index contributed by atoms with van der Waals surface area (Å²) < 4.78 is 27.2. The molecule has 2 amide bonds. The van der Waals surface area contributed by atoms with Gasteiger partial charge in [-0.3, -0.25) is 9.59 Å². The van der Waals surface area contributed by atoms with Crippen molar-refractivity contribution in [1.29, 1.82) is 0 Å². The Labute approximate surface area is 215 Å². The number of rotatable bonds is 8. The smallest absolute Gasteiger partial charge is 0.266 e. The third kappa shape index (κ3) is 6.71. The first-order valence-corrected chi connectivity index (χ1v) is 12.9. The van der Waals surface area contributed by atoms with E-state index in [4.69, 9.17) is 0 Å². The van der Waals surface area contributed by atoms with Crippen LogP contribution in [0.1, 0.15) is 28.4 Å². The van der Waals surface area contributed by atoms with Gasteiger partial charge in [0, 0.05) is 12.6 Å². The summed E-state index contributed by atoms with van der Waals surface area (Å²) >= 11 is 0. The highest BCUT2D eigenvalue weighted by molar-refractivity contribution is 7.90. The van der Waals surface area contributed by atoms with Gasteiger partial charge in [0.2, 0.25) is 5.91 Å². The minimum atomic E-state index is -4.16. The molecule has 8 heteroatoms. The van der Waals surface area contributed by atoms with E-state index in [9.17, 15) is 18.0 Å². The molecule has 0 atom stereocenters. The fourth-order valence-corrected chi connectivity index (χ4v) is 4.79. The SMILES string of the molecule is CC(=O)NS(=O)(=O)c1ccccc1NC(=O)c1ccc(C=Cc2ccccc2)cc1Nc1ccccc1. The van der Waals surface area contributed by atoms with E-state index in [0.29, 0.717) is 11.3 Å². The molecule has 0 bridgehead atoms. The number of para-hydroxylation sites is 2. The molecule has 0 radical (unpaired) electrons. The molecule has 0 saturated heterocycles. The Bertz CT molecular complexity index is 1550. The van der Waals surface area contributed by atoms with E-state index in [1.165, 1.54) is 18.2 Å². The van der Waals surface area contributed by atoms with Crippen LogP contribution in [-0.2, 0) is 14.8 Å². The Kier molecular flexibility index (Phi) is 7.80. The van der Waals surface area contributed by atoms with Crippen LogP contribution < -0.4 is 15.4 Å². The van der Waals surface area contributed by atoms with E-state index in [1.54, 1.807) is 12.1 Å². The lowest BCUT2D eigenvalue weighted by molar-refractivity contribution is -0.117. The Morgan fingerprint density at radius 1 is 0.703 bits per heavy atom. The summed E-state index contributed by atoms with van der Waals surface area (Å²) in [5.74, 6) is -1.24. The predicted molar refractivity (Wildman–Crippen MR) is 147 cm³/mol. The summed E-state index contributed by atoms with van der Waals surface area (Å²) in [4.78, 5) is 24.5. The summed E-state index contributed by atoms with van der Waals surface area (Å²) in [5.41, 5.74) is 3.61. The predicted octanol–water partition coefficient (Wildman–Crippen LogP) is 5.68. The molecule has 4 aromatic carbocycles. The van der Waals surface area contributed by atoms with Crippen LogP contribution in [0.25, 0.3) is 12.2 Å². The third-order valence-electron chi connectivity index (χ3n) is 5.31. The summed E-state index contributed by atoms with van der Waals surface area (Å²) in [6.45, 7) is 1.11. The average molecular weight is 512 g/mol. The molecule has 0 aliphatic heterocycles. The first kappa shape index (κ1) is 25.4. The van der Waals surface area contributed by atoms with Gasteiger partial charge in [-0.1, -0.05) is 78.9 Å². The fraction of sp³-hybridized carbons (Fsp3) is 0.0345. The van der Waals surface area contributed by atoms with Crippen molar-refractivity contribution < 1.29 is 18.0 Å². The van der Waals surface area contributed by atoms with E-state index in [1.807, 2.05) is 89.7 Å². The minimum Gasteiger partial charge on any atom is -0.355 e. The van der Waals surface area contributed by atoms with E-state index in [0.717, 1.165) is 23.7 Å². The van der Waals surface area contributed by atoms with E-state index in [2.05, 4.69) is 10.6 Å². The molecule has 0 heterocycles. The van der Waals surface area contributed by atoms with Crippen LogP contribution in [0.2, 0.25) is 0 Å². The molecule has 186 valence electrons. The van der Waals surface area contributed by atoms with Crippen molar-refractivity contribution in [3.8, 4) is 0 Å². The van der Waals surface area contributed by atoms with Gasteiger partial charge in [-0.15, -0.1) is 0 Å². The number of hydrogen-bond donors (Lipinski definition) is 3. The number of anilines is 3. The summed E-state index contributed by atoms with van der Waals surface area (Å²) in [5, 5.41) is 5.96. The largest absolute Gasteiger partial charge is 0.355 e. The average Bonchev–Trinajstić information content (AvgIpc) is 2.88. The maximum Gasteiger partial charge on any atom is 0.266 e. The van der Waals surface area contributed by atoms with Crippen molar-refractivity contribution >= 4 is 51.1 Å². The Morgan fingerprint density at radius 3 is 2.03 bits per heavy atom. The molecule has 4 aromatic rings. The van der Waals surface area contributed by atoms with E-state index < -0.39 is 21.8 Å². The van der Waals surface area contributed by atoms with Gasteiger partial charge in [-0.05, 0) is 47.5 Å². The minimum absolute atomic E-state index is 0.0555. The van der Waals surface area contributed by atoms with Crippen molar-refractivity contribution in [3.05, 3.63) is 120 Å². The van der Waals surface area contributed by atoms with Crippen molar-refractivity contribution in [2.24, 2.45) is 0 Å². The topological polar surface area (TPSA) is 104 Å². The maximum atomic E-state index is 13.4. The first-order valence-electron chi connectivity index (χ1n) is 11.4. The number of sulfonamides is 1. The third-order valence-corrected chi connectivity index (χ3v) is 6.80. The molecular weight excluding hydrogens is 486 g/mol. The standard InChI is InChI=1S/C29H25N3O4S/c1-21(33)32-37(35,36)28-15-9-8-14-26(28)31-29(34)25-19-18-23(17-16-22-10-4-2-5-11-22)20-27(25)30-24-12-6-3-7-13-24/h2-20,30H,1H3,(H,31,34)(H,32,33). The van der Waals surface area contributed by atoms with Crippen LogP contribution in [0.4, 0.5) is 17.1 Å². The zero-order valence-electron chi connectivity index (χ0n) is 20.0. The molecule has 4 rings (SSSR count). The molecule has 7 nitrogen and oxygen atoms in total. The van der Waals surface area contributed by atoms with Crippen LogP contribution in [0.5, 0.6) is 0 Å². The highest BCUT2D eigenvalue weighted by Gasteiger charge is 2.22. The maximum absolute atomic E-state index is 13.4. The molecule has 0 aliphatic carbocycles. The van der Waals surface area contributed by atoms with Gasteiger partial charge in [0.15, 0.2) is 0 Å². The fourth-order valence-electron chi connectivity index (χ4n) is 3.64.